The first kappa shape index (κ1) is 17.4. The Morgan fingerprint density at radius 1 is 0.690 bits per heavy atom. The number of hydrogen-bond donors (Lipinski definition) is 0. The van der Waals surface area contributed by atoms with Gasteiger partial charge in [-0.1, -0.05) is 84.9 Å². The second kappa shape index (κ2) is 7.40. The van der Waals surface area contributed by atoms with Crippen molar-refractivity contribution in [2.75, 3.05) is 7.11 Å². The predicted octanol–water partition coefficient (Wildman–Crippen LogP) is 6.63. The summed E-state index contributed by atoms with van der Waals surface area (Å²) in [6, 6.07) is 35.8. The Bertz CT molecular complexity index is 1180. The highest BCUT2D eigenvalue weighted by Gasteiger charge is 2.28. The summed E-state index contributed by atoms with van der Waals surface area (Å²) in [5, 5.41) is 0. The Morgan fingerprint density at radius 3 is 2.14 bits per heavy atom. The maximum absolute atomic E-state index is 5.59. The van der Waals surface area contributed by atoms with Crippen LogP contribution < -0.4 is 4.74 Å². The van der Waals surface area contributed by atoms with Gasteiger partial charge in [0.1, 0.15) is 5.75 Å². The molecule has 2 nitrogen and oxygen atoms in total. The van der Waals surface area contributed by atoms with Crippen LogP contribution in [0.3, 0.4) is 0 Å². The zero-order chi connectivity index (χ0) is 19.6. The summed E-state index contributed by atoms with van der Waals surface area (Å²) in [5.41, 5.74) is 7.96. The molecule has 1 aliphatic rings. The van der Waals surface area contributed by atoms with Gasteiger partial charge in [0, 0.05) is 5.56 Å². The molecule has 0 bridgehead atoms. The summed E-state index contributed by atoms with van der Waals surface area (Å²) < 4.78 is 5.59. The SMILES string of the molecule is COc1ccc2c(c1)[C@H](c1ccccc1)C(c1ccccc1)=Nc1ccccc1-2. The highest BCUT2D eigenvalue weighted by Crippen LogP contribution is 2.44. The molecule has 5 rings (SSSR count). The summed E-state index contributed by atoms with van der Waals surface area (Å²) in [6.45, 7) is 0. The molecule has 1 heterocycles. The fourth-order valence-corrected chi connectivity index (χ4v) is 4.12. The van der Waals surface area contributed by atoms with Crippen LogP contribution in [0, 0.1) is 0 Å². The Labute approximate surface area is 171 Å². The molecule has 1 aliphatic heterocycles. The Hall–Kier alpha value is -3.65. The number of para-hydroxylation sites is 1. The quantitative estimate of drug-likeness (QED) is 0.394. The number of benzene rings is 4. The number of fused-ring (bicyclic) bond motifs is 3. The van der Waals surface area contributed by atoms with Gasteiger partial charge in [0.05, 0.1) is 24.4 Å². The van der Waals surface area contributed by atoms with Gasteiger partial charge in [-0.3, -0.25) is 4.99 Å². The predicted molar refractivity (Wildman–Crippen MR) is 119 cm³/mol. The lowest BCUT2D eigenvalue weighted by molar-refractivity contribution is 0.414. The standard InChI is InChI=1S/C27H21NO/c1-29-21-16-17-22-23-14-8-9-15-25(23)28-27(20-12-6-3-7-13-20)26(24(22)18-21)19-10-4-2-5-11-19/h2-18,26H,1H3/t26-/m0/s1. The van der Waals surface area contributed by atoms with Gasteiger partial charge in [-0.05, 0) is 40.5 Å². The van der Waals surface area contributed by atoms with E-state index in [1.165, 1.54) is 16.7 Å². The lowest BCUT2D eigenvalue weighted by Gasteiger charge is -2.22. The lowest BCUT2D eigenvalue weighted by atomic mass is 9.81. The lowest BCUT2D eigenvalue weighted by Crippen LogP contribution is -2.15. The maximum Gasteiger partial charge on any atom is 0.119 e. The van der Waals surface area contributed by atoms with Crippen molar-refractivity contribution in [2.45, 2.75) is 5.92 Å². The van der Waals surface area contributed by atoms with Crippen molar-refractivity contribution in [3.8, 4) is 16.9 Å². The number of rotatable bonds is 3. The third-order valence-corrected chi connectivity index (χ3v) is 5.48. The van der Waals surface area contributed by atoms with E-state index in [-0.39, 0.29) is 5.92 Å². The minimum Gasteiger partial charge on any atom is -0.497 e. The first-order chi connectivity index (χ1) is 14.3. The maximum atomic E-state index is 5.59. The first-order valence-electron chi connectivity index (χ1n) is 9.81. The summed E-state index contributed by atoms with van der Waals surface area (Å²) >= 11 is 0. The van der Waals surface area contributed by atoms with E-state index in [0.717, 1.165) is 28.3 Å². The van der Waals surface area contributed by atoms with Crippen LogP contribution in [-0.2, 0) is 0 Å². The molecule has 4 aromatic rings. The Morgan fingerprint density at radius 2 is 1.38 bits per heavy atom. The van der Waals surface area contributed by atoms with Crippen LogP contribution >= 0.6 is 0 Å². The molecule has 0 spiro atoms. The fourth-order valence-electron chi connectivity index (χ4n) is 4.12. The summed E-state index contributed by atoms with van der Waals surface area (Å²) in [6.07, 6.45) is 0. The Balaban J connectivity index is 1.87. The third-order valence-electron chi connectivity index (χ3n) is 5.48. The molecular weight excluding hydrogens is 354 g/mol. The van der Waals surface area contributed by atoms with E-state index >= 15 is 0 Å². The molecule has 0 unspecified atom stereocenters. The molecule has 0 aromatic heterocycles. The smallest absolute Gasteiger partial charge is 0.119 e. The van der Waals surface area contributed by atoms with Crippen LogP contribution in [-0.4, -0.2) is 12.8 Å². The molecular formula is C27H21NO. The molecule has 0 fully saturated rings. The van der Waals surface area contributed by atoms with E-state index in [1.54, 1.807) is 7.11 Å². The number of methoxy groups -OCH3 is 1. The highest BCUT2D eigenvalue weighted by molar-refractivity contribution is 6.11. The van der Waals surface area contributed by atoms with Crippen molar-refractivity contribution in [3.63, 3.8) is 0 Å². The third kappa shape index (κ3) is 3.13. The van der Waals surface area contributed by atoms with Crippen LogP contribution in [0.25, 0.3) is 11.1 Å². The van der Waals surface area contributed by atoms with Crippen LogP contribution in [0.1, 0.15) is 22.6 Å². The van der Waals surface area contributed by atoms with Gasteiger partial charge >= 0.3 is 0 Å². The first-order valence-corrected chi connectivity index (χ1v) is 9.81. The van der Waals surface area contributed by atoms with Gasteiger partial charge < -0.3 is 4.74 Å². The molecule has 0 radical (unpaired) electrons. The number of ether oxygens (including phenoxy) is 1. The molecule has 4 aromatic carbocycles. The summed E-state index contributed by atoms with van der Waals surface area (Å²) in [4.78, 5) is 5.21. The van der Waals surface area contributed by atoms with Crippen molar-refractivity contribution in [1.82, 2.24) is 0 Å². The average molecular weight is 375 g/mol. The largest absolute Gasteiger partial charge is 0.497 e. The molecule has 29 heavy (non-hydrogen) atoms. The van der Waals surface area contributed by atoms with E-state index in [4.69, 9.17) is 9.73 Å². The number of nitrogens with zero attached hydrogens (tertiary/aromatic N) is 1. The van der Waals surface area contributed by atoms with Crippen LogP contribution in [0.15, 0.2) is 108 Å². The normalized spacial score (nSPS) is 14.9. The highest BCUT2D eigenvalue weighted by atomic mass is 16.5. The second-order valence-electron chi connectivity index (χ2n) is 7.18. The topological polar surface area (TPSA) is 21.6 Å². The van der Waals surface area contributed by atoms with Crippen molar-refractivity contribution in [2.24, 2.45) is 4.99 Å². The average Bonchev–Trinajstić information content (AvgIpc) is 2.94. The van der Waals surface area contributed by atoms with E-state index in [1.807, 2.05) is 12.1 Å². The molecule has 0 amide bonds. The van der Waals surface area contributed by atoms with Crippen LogP contribution in [0.4, 0.5) is 5.69 Å². The van der Waals surface area contributed by atoms with E-state index in [2.05, 4.69) is 91.0 Å². The van der Waals surface area contributed by atoms with Crippen LogP contribution in [0.5, 0.6) is 5.75 Å². The van der Waals surface area contributed by atoms with Crippen molar-refractivity contribution in [3.05, 3.63) is 120 Å². The zero-order valence-electron chi connectivity index (χ0n) is 16.2. The second-order valence-corrected chi connectivity index (χ2v) is 7.18. The van der Waals surface area contributed by atoms with Gasteiger partial charge in [-0.2, -0.15) is 0 Å². The van der Waals surface area contributed by atoms with E-state index in [9.17, 15) is 0 Å². The summed E-state index contributed by atoms with van der Waals surface area (Å²) in [7, 11) is 1.72. The molecule has 140 valence electrons. The van der Waals surface area contributed by atoms with E-state index in [0.29, 0.717) is 0 Å². The van der Waals surface area contributed by atoms with Gasteiger partial charge in [0.2, 0.25) is 0 Å². The van der Waals surface area contributed by atoms with Crippen molar-refractivity contribution >= 4 is 11.4 Å². The molecule has 0 saturated carbocycles. The zero-order valence-corrected chi connectivity index (χ0v) is 16.2. The van der Waals surface area contributed by atoms with Gasteiger partial charge in [-0.25, -0.2) is 0 Å². The number of hydrogen-bond acceptors (Lipinski definition) is 2. The molecule has 0 N–H and O–H groups in total. The Kier molecular flexibility index (Phi) is 4.45. The van der Waals surface area contributed by atoms with Crippen molar-refractivity contribution in [1.29, 1.82) is 0 Å². The minimum absolute atomic E-state index is 0.0103. The molecule has 2 heteroatoms. The van der Waals surface area contributed by atoms with Gasteiger partial charge in [0.25, 0.3) is 0 Å². The fraction of sp³-hybridized carbons (Fsp3) is 0.0741. The van der Waals surface area contributed by atoms with E-state index < -0.39 is 0 Å². The monoisotopic (exact) mass is 375 g/mol. The molecule has 0 saturated heterocycles. The van der Waals surface area contributed by atoms with Gasteiger partial charge in [-0.15, -0.1) is 0 Å². The number of aliphatic imine (C=N–C) groups is 1. The van der Waals surface area contributed by atoms with Crippen LogP contribution in [0.2, 0.25) is 0 Å². The molecule has 0 aliphatic carbocycles. The summed E-state index contributed by atoms with van der Waals surface area (Å²) in [5.74, 6) is 0.868. The molecule has 1 atom stereocenters. The van der Waals surface area contributed by atoms with Gasteiger partial charge in [0.15, 0.2) is 0 Å². The minimum atomic E-state index is 0.0103. The van der Waals surface area contributed by atoms with Crippen molar-refractivity contribution < 1.29 is 4.74 Å².